The number of guanidine groups is 2. The van der Waals surface area contributed by atoms with Gasteiger partial charge in [-0.15, -0.1) is 0 Å². The van der Waals surface area contributed by atoms with Crippen molar-refractivity contribution < 1.29 is 13.9 Å². The van der Waals surface area contributed by atoms with Gasteiger partial charge >= 0.3 is 0 Å². The number of rotatable bonds is 3. The Morgan fingerprint density at radius 2 is 2.05 bits per heavy atom. The highest BCUT2D eigenvalue weighted by Crippen LogP contribution is 2.25. The summed E-state index contributed by atoms with van der Waals surface area (Å²) in [6, 6.07) is 4.20. The van der Waals surface area contributed by atoms with Crippen LogP contribution in [0.4, 0.5) is 10.1 Å². The van der Waals surface area contributed by atoms with Crippen molar-refractivity contribution >= 4 is 17.6 Å². The molecule has 1 aliphatic heterocycles. The maximum atomic E-state index is 13.7. The average molecular weight is 267 g/mol. The third kappa shape index (κ3) is 3.55. The molecule has 2 rings (SSSR count). The van der Waals surface area contributed by atoms with Crippen LogP contribution in [0.15, 0.2) is 28.2 Å². The van der Waals surface area contributed by atoms with Gasteiger partial charge in [0.2, 0.25) is 5.96 Å². The van der Waals surface area contributed by atoms with Crippen molar-refractivity contribution in [2.75, 3.05) is 13.2 Å². The van der Waals surface area contributed by atoms with Gasteiger partial charge in [-0.2, -0.15) is 4.99 Å². The Morgan fingerprint density at radius 1 is 1.32 bits per heavy atom. The zero-order valence-corrected chi connectivity index (χ0v) is 10.0. The largest absolute Gasteiger partial charge is 0.483 e. The summed E-state index contributed by atoms with van der Waals surface area (Å²) in [6.45, 7) is 0.938. The van der Waals surface area contributed by atoms with Crippen LogP contribution in [0, 0.1) is 5.82 Å². The Balaban J connectivity index is 2.11. The van der Waals surface area contributed by atoms with Gasteiger partial charge in [0.1, 0.15) is 6.10 Å². The maximum absolute atomic E-state index is 13.7. The summed E-state index contributed by atoms with van der Waals surface area (Å²) < 4.78 is 24.0. The minimum absolute atomic E-state index is 0.101. The van der Waals surface area contributed by atoms with Gasteiger partial charge in [0.15, 0.2) is 17.5 Å². The topological polar surface area (TPSA) is 121 Å². The monoisotopic (exact) mass is 267 g/mol. The first-order chi connectivity index (χ1) is 9.04. The predicted octanol–water partition coefficient (Wildman–Crippen LogP) is -0.177. The fraction of sp³-hybridized carbons (Fsp3) is 0.273. The Morgan fingerprint density at radius 3 is 2.58 bits per heavy atom. The molecule has 7 nitrogen and oxygen atoms in total. The van der Waals surface area contributed by atoms with Crippen molar-refractivity contribution in [3.63, 3.8) is 0 Å². The van der Waals surface area contributed by atoms with E-state index >= 15 is 0 Å². The van der Waals surface area contributed by atoms with Crippen LogP contribution in [0.5, 0.6) is 5.75 Å². The van der Waals surface area contributed by atoms with Crippen LogP contribution in [0.25, 0.3) is 0 Å². The van der Waals surface area contributed by atoms with Crippen molar-refractivity contribution in [3.8, 4) is 5.75 Å². The number of aliphatic imine (C=N–C) groups is 2. The molecule has 8 heteroatoms. The summed E-state index contributed by atoms with van der Waals surface area (Å²) in [5, 5.41) is 0. The molecule has 1 fully saturated rings. The number of ether oxygens (including phenoxy) is 2. The van der Waals surface area contributed by atoms with E-state index in [2.05, 4.69) is 9.98 Å². The van der Waals surface area contributed by atoms with Gasteiger partial charge in [-0.3, -0.25) is 0 Å². The summed E-state index contributed by atoms with van der Waals surface area (Å²) >= 11 is 0. The molecular formula is C11H14FN5O2. The number of nitrogens with zero attached hydrogens (tertiary/aromatic N) is 2. The number of nitrogens with two attached hydrogens (primary N) is 3. The third-order valence-corrected chi connectivity index (χ3v) is 2.30. The van der Waals surface area contributed by atoms with Gasteiger partial charge in [-0.05, 0) is 12.1 Å². The molecule has 0 bridgehead atoms. The van der Waals surface area contributed by atoms with Gasteiger partial charge in [-0.25, -0.2) is 9.38 Å². The molecule has 6 N–H and O–H groups in total. The van der Waals surface area contributed by atoms with E-state index in [1.54, 1.807) is 6.07 Å². The molecule has 0 amide bonds. The molecule has 1 saturated heterocycles. The standard InChI is InChI=1S/C11H14FN5O2/c12-8-3-6(16-11(15)17-10(13)14)1-2-9(8)19-7-4-18-5-7/h1-3,7H,4-5H2,(H6,13,14,15,16,17). The molecule has 1 heterocycles. The summed E-state index contributed by atoms with van der Waals surface area (Å²) in [4.78, 5) is 7.37. The molecule has 1 aliphatic rings. The Hall–Kier alpha value is -2.35. The number of hydrogen-bond acceptors (Lipinski definition) is 3. The molecule has 1 aromatic carbocycles. The average Bonchev–Trinajstić information content (AvgIpc) is 2.24. The van der Waals surface area contributed by atoms with Crippen LogP contribution in [0.3, 0.4) is 0 Å². The second-order valence-corrected chi connectivity index (χ2v) is 3.90. The molecule has 0 aliphatic carbocycles. The van der Waals surface area contributed by atoms with Gasteiger partial charge in [0.05, 0.1) is 18.9 Å². The lowest BCUT2D eigenvalue weighted by atomic mass is 10.2. The summed E-state index contributed by atoms with van der Waals surface area (Å²) in [7, 11) is 0. The first-order valence-electron chi connectivity index (χ1n) is 5.52. The van der Waals surface area contributed by atoms with Gasteiger partial charge in [0, 0.05) is 6.07 Å². The van der Waals surface area contributed by atoms with Crippen LogP contribution in [-0.4, -0.2) is 31.2 Å². The molecular weight excluding hydrogens is 253 g/mol. The molecule has 19 heavy (non-hydrogen) atoms. The smallest absolute Gasteiger partial charge is 0.223 e. The SMILES string of the molecule is NC(N)=NC(N)=Nc1ccc(OC2COC2)c(F)c1. The molecule has 0 atom stereocenters. The van der Waals surface area contributed by atoms with Crippen molar-refractivity contribution in [1.82, 2.24) is 0 Å². The highest BCUT2D eigenvalue weighted by atomic mass is 19.1. The lowest BCUT2D eigenvalue weighted by Crippen LogP contribution is -2.38. The molecule has 0 aromatic heterocycles. The quantitative estimate of drug-likeness (QED) is 0.518. The van der Waals surface area contributed by atoms with Crippen molar-refractivity contribution in [3.05, 3.63) is 24.0 Å². The van der Waals surface area contributed by atoms with E-state index in [0.717, 1.165) is 0 Å². The Kier molecular flexibility index (Phi) is 3.81. The van der Waals surface area contributed by atoms with Crippen molar-refractivity contribution in [1.29, 1.82) is 0 Å². The molecule has 0 unspecified atom stereocenters. The van der Waals surface area contributed by atoms with Crippen LogP contribution >= 0.6 is 0 Å². The predicted molar refractivity (Wildman–Crippen MR) is 68.7 cm³/mol. The fourth-order valence-corrected chi connectivity index (χ4v) is 1.41. The van der Waals surface area contributed by atoms with E-state index in [-0.39, 0.29) is 29.5 Å². The van der Waals surface area contributed by atoms with Crippen LogP contribution in [0.1, 0.15) is 0 Å². The minimum atomic E-state index is -0.536. The zero-order valence-electron chi connectivity index (χ0n) is 10.0. The molecule has 0 saturated carbocycles. The minimum Gasteiger partial charge on any atom is -0.483 e. The van der Waals surface area contributed by atoms with E-state index in [1.807, 2.05) is 0 Å². The zero-order chi connectivity index (χ0) is 13.8. The Bertz CT molecular complexity index is 524. The lowest BCUT2D eigenvalue weighted by molar-refractivity contribution is -0.0808. The Labute approximate surface area is 108 Å². The van der Waals surface area contributed by atoms with Crippen LogP contribution < -0.4 is 21.9 Å². The highest BCUT2D eigenvalue weighted by Gasteiger charge is 2.21. The van der Waals surface area contributed by atoms with Gasteiger partial charge in [-0.1, -0.05) is 0 Å². The molecule has 0 spiro atoms. The van der Waals surface area contributed by atoms with E-state index < -0.39 is 5.82 Å². The summed E-state index contributed by atoms with van der Waals surface area (Å²) in [5.41, 5.74) is 16.0. The third-order valence-electron chi connectivity index (χ3n) is 2.30. The van der Waals surface area contributed by atoms with Crippen LogP contribution in [0.2, 0.25) is 0 Å². The highest BCUT2D eigenvalue weighted by molar-refractivity contribution is 5.93. The van der Waals surface area contributed by atoms with E-state index in [1.165, 1.54) is 12.1 Å². The van der Waals surface area contributed by atoms with Gasteiger partial charge in [0.25, 0.3) is 0 Å². The number of halogens is 1. The molecule has 0 radical (unpaired) electrons. The van der Waals surface area contributed by atoms with Crippen LogP contribution in [-0.2, 0) is 4.74 Å². The fourth-order valence-electron chi connectivity index (χ4n) is 1.41. The van der Waals surface area contributed by atoms with Crippen molar-refractivity contribution in [2.45, 2.75) is 6.10 Å². The van der Waals surface area contributed by atoms with Gasteiger partial charge < -0.3 is 26.7 Å². The molecule has 102 valence electrons. The normalized spacial score (nSPS) is 15.7. The second kappa shape index (κ2) is 5.53. The second-order valence-electron chi connectivity index (χ2n) is 3.90. The molecule has 1 aromatic rings. The van der Waals surface area contributed by atoms with Crippen molar-refractivity contribution in [2.24, 2.45) is 27.2 Å². The van der Waals surface area contributed by atoms with E-state index in [9.17, 15) is 4.39 Å². The summed E-state index contributed by atoms with van der Waals surface area (Å²) in [5.74, 6) is -0.759. The summed E-state index contributed by atoms with van der Waals surface area (Å²) in [6.07, 6.45) is -0.101. The van der Waals surface area contributed by atoms with E-state index in [0.29, 0.717) is 13.2 Å². The number of benzene rings is 1. The first-order valence-corrected chi connectivity index (χ1v) is 5.52. The maximum Gasteiger partial charge on any atom is 0.223 e. The number of hydrogen-bond donors (Lipinski definition) is 3. The first kappa shape index (κ1) is 13.1. The van der Waals surface area contributed by atoms with E-state index in [4.69, 9.17) is 26.7 Å². The lowest BCUT2D eigenvalue weighted by Gasteiger charge is -2.26.